The van der Waals surface area contributed by atoms with Crippen molar-refractivity contribution < 1.29 is 24.8 Å². The molecule has 0 fully saturated rings. The van der Waals surface area contributed by atoms with E-state index in [1.807, 2.05) is 60.7 Å². The summed E-state index contributed by atoms with van der Waals surface area (Å²) in [6, 6.07) is 33.8. The molecule has 28 heavy (non-hydrogen) atoms. The number of aromatic nitrogens is 1. The van der Waals surface area contributed by atoms with Gasteiger partial charge >= 0.3 is 7.05 Å². The van der Waals surface area contributed by atoms with Crippen LogP contribution in [0.2, 0.25) is 0 Å². The molecule has 0 bridgehead atoms. The molecule has 0 saturated carbocycles. The number of nitrogens with zero attached hydrogens (tertiary/aromatic N) is 2. The summed E-state index contributed by atoms with van der Waals surface area (Å²) in [7, 11) is -0.234. The van der Waals surface area contributed by atoms with Crippen molar-refractivity contribution in [2.75, 3.05) is 4.81 Å². The Hall–Kier alpha value is -2.88. The SMILES string of the molecule is [Ir].[c-]1ccc(B2Oc3ccccc3N2c2ccccc2)cc1-c1ccccn1. The number of hydrogen-bond acceptors (Lipinski definition) is 3. The van der Waals surface area contributed by atoms with Crippen LogP contribution in [0.3, 0.4) is 0 Å². The summed E-state index contributed by atoms with van der Waals surface area (Å²) in [6.45, 7) is 0. The second-order valence-electron chi connectivity index (χ2n) is 6.39. The fraction of sp³-hybridized carbons (Fsp3) is 0. The van der Waals surface area contributed by atoms with E-state index in [0.29, 0.717) is 0 Å². The summed E-state index contributed by atoms with van der Waals surface area (Å²) in [4.78, 5) is 6.68. The average Bonchev–Trinajstić information content (AvgIpc) is 3.15. The first-order chi connectivity index (χ1) is 13.4. The number of hydrogen-bond donors (Lipinski definition) is 0. The Morgan fingerprint density at radius 1 is 0.857 bits per heavy atom. The number of rotatable bonds is 3. The van der Waals surface area contributed by atoms with Crippen LogP contribution in [0.5, 0.6) is 5.75 Å². The minimum Gasteiger partial charge on any atom is -0.537 e. The van der Waals surface area contributed by atoms with Crippen LogP contribution in [0.15, 0.2) is 97.2 Å². The number of para-hydroxylation sites is 3. The van der Waals surface area contributed by atoms with E-state index in [0.717, 1.165) is 33.8 Å². The van der Waals surface area contributed by atoms with Gasteiger partial charge in [0.2, 0.25) is 0 Å². The van der Waals surface area contributed by atoms with E-state index in [2.05, 4.69) is 46.2 Å². The maximum Gasteiger partial charge on any atom is 0.504 e. The van der Waals surface area contributed by atoms with Gasteiger partial charge in [-0.3, -0.25) is 0 Å². The van der Waals surface area contributed by atoms with E-state index in [9.17, 15) is 0 Å². The summed E-state index contributed by atoms with van der Waals surface area (Å²) in [5.41, 5.74) is 5.09. The van der Waals surface area contributed by atoms with Crippen molar-refractivity contribution in [3.05, 3.63) is 103 Å². The largest absolute Gasteiger partial charge is 0.537 e. The normalized spacial score (nSPS) is 12.1. The molecule has 1 aromatic heterocycles. The Bertz CT molecular complexity index is 1080. The predicted octanol–water partition coefficient (Wildman–Crippen LogP) is 4.47. The van der Waals surface area contributed by atoms with Crippen molar-refractivity contribution in [1.29, 1.82) is 0 Å². The fourth-order valence-electron chi connectivity index (χ4n) is 3.44. The van der Waals surface area contributed by atoms with Crippen LogP contribution in [-0.4, -0.2) is 12.0 Å². The predicted molar refractivity (Wildman–Crippen MR) is 110 cm³/mol. The molecule has 3 nitrogen and oxygen atoms in total. The molecule has 0 unspecified atom stereocenters. The monoisotopic (exact) mass is 540 g/mol. The minimum absolute atomic E-state index is 0. The molecule has 3 aromatic carbocycles. The van der Waals surface area contributed by atoms with Crippen molar-refractivity contribution in [3.63, 3.8) is 0 Å². The molecular weight excluding hydrogens is 523 g/mol. The summed E-state index contributed by atoms with van der Waals surface area (Å²) in [5, 5.41) is 0. The van der Waals surface area contributed by atoms with Crippen molar-refractivity contribution in [1.82, 2.24) is 4.98 Å². The maximum absolute atomic E-state index is 6.34. The van der Waals surface area contributed by atoms with E-state index in [4.69, 9.17) is 4.65 Å². The summed E-state index contributed by atoms with van der Waals surface area (Å²) < 4.78 is 6.34. The third kappa shape index (κ3) is 3.35. The van der Waals surface area contributed by atoms with E-state index >= 15 is 0 Å². The standard InChI is InChI=1S/C23H16BN2O.Ir/c1-2-11-20(12-3-1)26-22-14-4-5-15-23(22)27-24(26)19-10-8-9-18(17-19)21-13-6-7-16-25-21;/h1-8,10-17H;/q-1;. The Balaban J connectivity index is 0.00000192. The minimum atomic E-state index is -0.234. The van der Waals surface area contributed by atoms with E-state index < -0.39 is 0 Å². The number of benzene rings is 3. The molecule has 1 aliphatic heterocycles. The van der Waals surface area contributed by atoms with Crippen molar-refractivity contribution in [2.24, 2.45) is 0 Å². The Morgan fingerprint density at radius 2 is 1.64 bits per heavy atom. The van der Waals surface area contributed by atoms with Gasteiger partial charge in [0.25, 0.3) is 0 Å². The fourth-order valence-corrected chi connectivity index (χ4v) is 3.44. The first-order valence-corrected chi connectivity index (χ1v) is 8.93. The van der Waals surface area contributed by atoms with Gasteiger partial charge in [0.15, 0.2) is 0 Å². The van der Waals surface area contributed by atoms with Crippen LogP contribution in [-0.2, 0) is 20.1 Å². The van der Waals surface area contributed by atoms with Gasteiger partial charge in [-0.25, -0.2) is 0 Å². The molecule has 0 aliphatic carbocycles. The van der Waals surface area contributed by atoms with Gasteiger partial charge in [-0.15, -0.1) is 29.8 Å². The third-order valence-electron chi connectivity index (χ3n) is 4.68. The van der Waals surface area contributed by atoms with Crippen LogP contribution >= 0.6 is 0 Å². The molecule has 2 heterocycles. The van der Waals surface area contributed by atoms with Crippen LogP contribution in [0.25, 0.3) is 11.3 Å². The van der Waals surface area contributed by atoms with Gasteiger partial charge in [0.1, 0.15) is 5.75 Å². The summed E-state index contributed by atoms with van der Waals surface area (Å²) >= 11 is 0. The Kier molecular flexibility index (Phi) is 5.29. The van der Waals surface area contributed by atoms with Gasteiger partial charge in [0, 0.05) is 32.0 Å². The number of fused-ring (bicyclic) bond motifs is 1. The average molecular weight is 539 g/mol. The van der Waals surface area contributed by atoms with Gasteiger partial charge < -0.3 is 14.4 Å². The van der Waals surface area contributed by atoms with Crippen LogP contribution in [0.1, 0.15) is 0 Å². The molecule has 5 heteroatoms. The quantitative estimate of drug-likeness (QED) is 0.284. The van der Waals surface area contributed by atoms with E-state index in [1.54, 1.807) is 6.20 Å². The molecular formula is C23H16BIrN2O-. The van der Waals surface area contributed by atoms with Crippen molar-refractivity contribution in [3.8, 4) is 17.0 Å². The molecule has 137 valence electrons. The third-order valence-corrected chi connectivity index (χ3v) is 4.68. The van der Waals surface area contributed by atoms with Gasteiger partial charge in [-0.05, 0) is 36.0 Å². The zero-order valence-electron chi connectivity index (χ0n) is 15.0. The Morgan fingerprint density at radius 3 is 2.46 bits per heavy atom. The van der Waals surface area contributed by atoms with Crippen LogP contribution in [0, 0.1) is 6.07 Å². The molecule has 1 radical (unpaired) electrons. The first-order valence-electron chi connectivity index (χ1n) is 8.93. The van der Waals surface area contributed by atoms with E-state index in [-0.39, 0.29) is 27.2 Å². The topological polar surface area (TPSA) is 25.4 Å². The number of anilines is 2. The molecule has 4 aromatic rings. The smallest absolute Gasteiger partial charge is 0.504 e. The maximum atomic E-state index is 6.34. The van der Waals surface area contributed by atoms with E-state index in [1.165, 1.54) is 0 Å². The van der Waals surface area contributed by atoms with Gasteiger partial charge in [-0.2, -0.15) is 0 Å². The molecule has 0 atom stereocenters. The van der Waals surface area contributed by atoms with Gasteiger partial charge in [-0.1, -0.05) is 47.9 Å². The Labute approximate surface area is 178 Å². The molecule has 0 amide bonds. The zero-order valence-corrected chi connectivity index (χ0v) is 17.3. The molecule has 1 aliphatic rings. The summed E-state index contributed by atoms with van der Waals surface area (Å²) in [5.74, 6) is 0.888. The zero-order chi connectivity index (χ0) is 18.1. The van der Waals surface area contributed by atoms with Crippen LogP contribution in [0.4, 0.5) is 11.4 Å². The molecule has 0 spiro atoms. The molecule has 5 rings (SSSR count). The first kappa shape index (κ1) is 18.5. The second kappa shape index (κ2) is 8.01. The van der Waals surface area contributed by atoms with Gasteiger partial charge in [0.05, 0.1) is 5.69 Å². The second-order valence-corrected chi connectivity index (χ2v) is 6.39. The number of pyridine rings is 1. The van der Waals surface area contributed by atoms with Crippen LogP contribution < -0.4 is 14.9 Å². The van der Waals surface area contributed by atoms with Crippen molar-refractivity contribution in [2.45, 2.75) is 0 Å². The molecule has 0 saturated heterocycles. The van der Waals surface area contributed by atoms with Crippen molar-refractivity contribution >= 4 is 23.9 Å². The molecule has 0 N–H and O–H groups in total. The summed E-state index contributed by atoms with van der Waals surface area (Å²) in [6.07, 6.45) is 1.80.